The predicted molar refractivity (Wildman–Crippen MR) is 63.2 cm³/mol. The molecule has 0 fully saturated rings. The molecule has 0 aliphatic rings. The first-order valence-corrected chi connectivity index (χ1v) is 5.04. The number of amides is 1. The molecule has 0 spiro atoms. The second-order valence-corrected chi connectivity index (χ2v) is 3.65. The predicted octanol–water partition coefficient (Wildman–Crippen LogP) is 2.26. The third-order valence-corrected chi connectivity index (χ3v) is 2.53. The number of benzene rings is 1. The molecule has 0 saturated heterocycles. The fourth-order valence-corrected chi connectivity index (χ4v) is 1.78. The second-order valence-electron chi connectivity index (χ2n) is 3.65. The Kier molecular flexibility index (Phi) is 2.72. The van der Waals surface area contributed by atoms with Gasteiger partial charge in [0.15, 0.2) is 0 Å². The number of nitrogens with zero attached hydrogens (tertiary/aromatic N) is 1. The van der Waals surface area contributed by atoms with Crippen molar-refractivity contribution in [3.63, 3.8) is 0 Å². The molecule has 82 valence electrons. The van der Waals surface area contributed by atoms with E-state index >= 15 is 0 Å². The Bertz CT molecular complexity index is 480. The lowest BCUT2D eigenvalue weighted by molar-refractivity contribution is -0.105. The first kappa shape index (κ1) is 10.4. The van der Waals surface area contributed by atoms with Crippen molar-refractivity contribution in [2.45, 2.75) is 13.8 Å². The topological polar surface area (TPSA) is 57.8 Å². The van der Waals surface area contributed by atoms with Gasteiger partial charge >= 0.3 is 0 Å². The molecule has 1 aromatic heterocycles. The maximum Gasteiger partial charge on any atom is 0.211 e. The first-order valence-electron chi connectivity index (χ1n) is 5.04. The summed E-state index contributed by atoms with van der Waals surface area (Å²) in [6.07, 6.45) is 0.670. The molecule has 4 nitrogen and oxygen atoms in total. The maximum absolute atomic E-state index is 10.3. The minimum absolute atomic E-state index is 0.670. The van der Waals surface area contributed by atoms with E-state index in [1.165, 1.54) is 0 Å². The van der Waals surface area contributed by atoms with Crippen LogP contribution in [0.1, 0.15) is 11.4 Å². The van der Waals surface area contributed by atoms with E-state index in [-0.39, 0.29) is 0 Å². The van der Waals surface area contributed by atoms with Gasteiger partial charge in [-0.05, 0) is 31.5 Å². The smallest absolute Gasteiger partial charge is 0.211 e. The normalized spacial score (nSPS) is 10.1. The highest BCUT2D eigenvalue weighted by molar-refractivity contribution is 5.75. The summed E-state index contributed by atoms with van der Waals surface area (Å²) in [7, 11) is 0. The molecule has 0 aliphatic carbocycles. The highest BCUT2D eigenvalue weighted by Gasteiger charge is 2.08. The number of nitrogens with one attached hydrogen (secondary N) is 2. The number of aromatic amines is 1. The molecule has 0 radical (unpaired) electrons. The number of carbonyl (C=O) groups is 1. The van der Waals surface area contributed by atoms with Gasteiger partial charge in [0, 0.05) is 16.9 Å². The van der Waals surface area contributed by atoms with Crippen LogP contribution < -0.4 is 5.32 Å². The van der Waals surface area contributed by atoms with Crippen LogP contribution in [-0.4, -0.2) is 16.6 Å². The second kappa shape index (κ2) is 4.18. The molecular formula is C12H13N3O. The molecule has 0 atom stereocenters. The van der Waals surface area contributed by atoms with Crippen molar-refractivity contribution < 1.29 is 4.79 Å². The lowest BCUT2D eigenvalue weighted by atomic mass is 10.0. The van der Waals surface area contributed by atoms with Crippen LogP contribution in [0.3, 0.4) is 0 Å². The summed E-state index contributed by atoms with van der Waals surface area (Å²) < 4.78 is 0. The number of aryl methyl sites for hydroxylation is 2. The van der Waals surface area contributed by atoms with Gasteiger partial charge in [-0.15, -0.1) is 0 Å². The van der Waals surface area contributed by atoms with E-state index < -0.39 is 0 Å². The van der Waals surface area contributed by atoms with Crippen molar-refractivity contribution >= 4 is 12.1 Å². The van der Waals surface area contributed by atoms with Crippen LogP contribution >= 0.6 is 0 Å². The number of carbonyl (C=O) groups excluding carboxylic acids is 1. The lowest BCUT2D eigenvalue weighted by Gasteiger charge is -2.03. The van der Waals surface area contributed by atoms with Crippen molar-refractivity contribution in [3.05, 3.63) is 35.7 Å². The van der Waals surface area contributed by atoms with Gasteiger partial charge in [-0.1, -0.05) is 12.1 Å². The number of aromatic nitrogens is 2. The molecule has 2 rings (SSSR count). The van der Waals surface area contributed by atoms with Gasteiger partial charge in [0.1, 0.15) is 0 Å². The molecule has 0 aliphatic heterocycles. The maximum atomic E-state index is 10.3. The van der Waals surface area contributed by atoms with Crippen molar-refractivity contribution in [3.8, 4) is 11.1 Å². The van der Waals surface area contributed by atoms with Crippen LogP contribution in [0.2, 0.25) is 0 Å². The zero-order valence-electron chi connectivity index (χ0n) is 9.24. The monoisotopic (exact) mass is 215 g/mol. The van der Waals surface area contributed by atoms with Gasteiger partial charge in [-0.2, -0.15) is 5.10 Å². The van der Waals surface area contributed by atoms with E-state index in [4.69, 9.17) is 0 Å². The molecule has 0 unspecified atom stereocenters. The minimum Gasteiger partial charge on any atom is -0.329 e. The molecule has 0 bridgehead atoms. The quantitative estimate of drug-likeness (QED) is 0.771. The van der Waals surface area contributed by atoms with Crippen LogP contribution in [0, 0.1) is 13.8 Å². The minimum atomic E-state index is 0.670. The average molecular weight is 215 g/mol. The van der Waals surface area contributed by atoms with Gasteiger partial charge in [-0.25, -0.2) is 0 Å². The Morgan fingerprint density at radius 2 is 1.94 bits per heavy atom. The van der Waals surface area contributed by atoms with Gasteiger partial charge < -0.3 is 5.32 Å². The molecule has 16 heavy (non-hydrogen) atoms. The Hall–Kier alpha value is -2.10. The fraction of sp³-hybridized carbons (Fsp3) is 0.167. The number of rotatable bonds is 3. The van der Waals surface area contributed by atoms with Crippen molar-refractivity contribution in [2.75, 3.05) is 5.32 Å². The van der Waals surface area contributed by atoms with Gasteiger partial charge in [0.2, 0.25) is 6.41 Å². The van der Waals surface area contributed by atoms with Crippen LogP contribution in [0.4, 0.5) is 5.69 Å². The summed E-state index contributed by atoms with van der Waals surface area (Å²) in [5.41, 5.74) is 5.04. The molecule has 0 saturated carbocycles. The SMILES string of the molecule is Cc1n[nH]c(C)c1-c1ccc(NC=O)cc1. The largest absolute Gasteiger partial charge is 0.329 e. The van der Waals surface area contributed by atoms with E-state index in [0.717, 1.165) is 28.2 Å². The molecule has 1 heterocycles. The third-order valence-electron chi connectivity index (χ3n) is 2.53. The summed E-state index contributed by atoms with van der Waals surface area (Å²) in [5, 5.41) is 9.71. The van der Waals surface area contributed by atoms with E-state index in [1.807, 2.05) is 38.1 Å². The number of hydrogen-bond acceptors (Lipinski definition) is 2. The average Bonchev–Trinajstić information content (AvgIpc) is 2.61. The molecule has 2 aromatic rings. The van der Waals surface area contributed by atoms with E-state index in [9.17, 15) is 4.79 Å². The van der Waals surface area contributed by atoms with Crippen LogP contribution in [0.25, 0.3) is 11.1 Å². The number of hydrogen-bond donors (Lipinski definition) is 2. The summed E-state index contributed by atoms with van der Waals surface area (Å²) in [4.78, 5) is 10.3. The summed E-state index contributed by atoms with van der Waals surface area (Å²) in [6.45, 7) is 3.96. The summed E-state index contributed by atoms with van der Waals surface area (Å²) in [5.74, 6) is 0. The number of anilines is 1. The van der Waals surface area contributed by atoms with Gasteiger partial charge in [0.05, 0.1) is 5.69 Å². The van der Waals surface area contributed by atoms with Crippen LogP contribution in [0.15, 0.2) is 24.3 Å². The Morgan fingerprint density at radius 1 is 1.25 bits per heavy atom. The summed E-state index contributed by atoms with van der Waals surface area (Å²) >= 11 is 0. The fourth-order valence-electron chi connectivity index (χ4n) is 1.78. The zero-order chi connectivity index (χ0) is 11.5. The van der Waals surface area contributed by atoms with E-state index in [2.05, 4.69) is 15.5 Å². The molecule has 1 amide bonds. The molecular weight excluding hydrogens is 202 g/mol. The van der Waals surface area contributed by atoms with Crippen LogP contribution in [-0.2, 0) is 4.79 Å². The Labute approximate surface area is 93.7 Å². The van der Waals surface area contributed by atoms with Gasteiger partial charge in [-0.3, -0.25) is 9.89 Å². The highest BCUT2D eigenvalue weighted by Crippen LogP contribution is 2.26. The zero-order valence-corrected chi connectivity index (χ0v) is 9.24. The summed E-state index contributed by atoms with van der Waals surface area (Å²) in [6, 6.07) is 7.68. The Morgan fingerprint density at radius 3 is 2.44 bits per heavy atom. The first-order chi connectivity index (χ1) is 7.72. The van der Waals surface area contributed by atoms with Crippen molar-refractivity contribution in [1.29, 1.82) is 0 Å². The highest BCUT2D eigenvalue weighted by atomic mass is 16.1. The third kappa shape index (κ3) is 1.82. The number of H-pyrrole nitrogens is 1. The standard InChI is InChI=1S/C12H13N3O/c1-8-12(9(2)15-14-8)10-3-5-11(6-4-10)13-7-16/h3-7H,1-2H3,(H,13,16)(H,14,15). The van der Waals surface area contributed by atoms with Crippen LogP contribution in [0.5, 0.6) is 0 Å². The molecule has 2 N–H and O–H groups in total. The Balaban J connectivity index is 2.38. The molecule has 4 heteroatoms. The van der Waals surface area contributed by atoms with E-state index in [1.54, 1.807) is 0 Å². The lowest BCUT2D eigenvalue weighted by Crippen LogP contribution is -1.93. The van der Waals surface area contributed by atoms with Crippen molar-refractivity contribution in [2.24, 2.45) is 0 Å². The van der Waals surface area contributed by atoms with Crippen molar-refractivity contribution in [1.82, 2.24) is 10.2 Å². The van der Waals surface area contributed by atoms with Gasteiger partial charge in [0.25, 0.3) is 0 Å². The molecule has 1 aromatic carbocycles. The van der Waals surface area contributed by atoms with E-state index in [0.29, 0.717) is 6.41 Å².